The van der Waals surface area contributed by atoms with Crippen LogP contribution in [0.5, 0.6) is 11.5 Å². The molecule has 144 valence electrons. The van der Waals surface area contributed by atoms with E-state index in [9.17, 15) is 9.18 Å². The van der Waals surface area contributed by atoms with Gasteiger partial charge < -0.3 is 19.2 Å². The molecule has 4 rings (SSSR count). The Bertz CT molecular complexity index is 1020. The average molecular weight is 422 g/mol. The Hall–Kier alpha value is -2.78. The summed E-state index contributed by atoms with van der Waals surface area (Å²) in [6.45, 7) is 0.243. The molecule has 0 radical (unpaired) electrons. The Balaban J connectivity index is 1.33. The minimum atomic E-state index is -0.524. The van der Waals surface area contributed by atoms with Crippen LogP contribution in [0.15, 0.2) is 52.1 Å². The van der Waals surface area contributed by atoms with E-state index >= 15 is 0 Å². The molecule has 1 aliphatic rings. The number of nitrogens with zero attached hydrogens (tertiary/aromatic N) is 2. The molecule has 0 aliphatic carbocycles. The van der Waals surface area contributed by atoms with Gasteiger partial charge in [-0.2, -0.15) is 0 Å². The van der Waals surface area contributed by atoms with E-state index < -0.39 is 11.9 Å². The van der Waals surface area contributed by atoms with Crippen molar-refractivity contribution in [3.63, 3.8) is 0 Å². The van der Waals surface area contributed by atoms with Crippen molar-refractivity contribution >= 4 is 35.0 Å². The zero-order valence-electron chi connectivity index (χ0n) is 14.2. The summed E-state index contributed by atoms with van der Waals surface area (Å²) in [7, 11) is 0. The van der Waals surface area contributed by atoms with Crippen molar-refractivity contribution in [1.82, 2.24) is 10.2 Å². The van der Waals surface area contributed by atoms with Crippen LogP contribution in [0.1, 0.15) is 12.0 Å². The number of carbonyl (C=O) groups excluding carboxylic acids is 1. The van der Waals surface area contributed by atoms with E-state index in [1.54, 1.807) is 6.07 Å². The van der Waals surface area contributed by atoms with Crippen molar-refractivity contribution in [3.8, 4) is 11.5 Å². The highest BCUT2D eigenvalue weighted by Gasteiger charge is 2.27. The highest BCUT2D eigenvalue weighted by Crippen LogP contribution is 2.36. The molecule has 10 heteroatoms. The second-order valence-electron chi connectivity index (χ2n) is 5.73. The first-order valence-corrected chi connectivity index (χ1v) is 9.54. The van der Waals surface area contributed by atoms with E-state index in [2.05, 4.69) is 15.5 Å². The van der Waals surface area contributed by atoms with E-state index in [0.29, 0.717) is 17.2 Å². The first-order chi connectivity index (χ1) is 13.6. The zero-order valence-corrected chi connectivity index (χ0v) is 15.8. The fraction of sp³-hybridized carbons (Fsp3) is 0.167. The van der Waals surface area contributed by atoms with Crippen molar-refractivity contribution in [2.75, 3.05) is 17.7 Å². The molecule has 1 N–H and O–H groups in total. The van der Waals surface area contributed by atoms with Gasteiger partial charge in [-0.25, -0.2) is 4.39 Å². The number of aromatic nitrogens is 2. The molecule has 1 amide bonds. The smallest absolute Gasteiger partial charge is 0.277 e. The fourth-order valence-corrected chi connectivity index (χ4v) is 3.24. The highest BCUT2D eigenvalue weighted by molar-refractivity contribution is 7.99. The first kappa shape index (κ1) is 18.6. The number of halogens is 2. The van der Waals surface area contributed by atoms with Crippen LogP contribution in [0.3, 0.4) is 0 Å². The van der Waals surface area contributed by atoms with Gasteiger partial charge in [0.05, 0.1) is 16.5 Å². The number of fused-ring (bicyclic) bond motifs is 1. The molecule has 0 saturated heterocycles. The minimum Gasteiger partial charge on any atom is -0.485 e. The number of carbonyl (C=O) groups is 1. The maximum Gasteiger partial charge on any atom is 0.277 e. The van der Waals surface area contributed by atoms with Gasteiger partial charge in [-0.05, 0) is 30.3 Å². The van der Waals surface area contributed by atoms with Crippen LogP contribution in [-0.4, -0.2) is 28.5 Å². The van der Waals surface area contributed by atoms with Gasteiger partial charge in [0.15, 0.2) is 11.5 Å². The predicted molar refractivity (Wildman–Crippen MR) is 100 cm³/mol. The molecule has 0 fully saturated rings. The van der Waals surface area contributed by atoms with Crippen molar-refractivity contribution in [1.29, 1.82) is 0 Å². The molecule has 2 heterocycles. The first-order valence-electron chi connectivity index (χ1n) is 8.18. The summed E-state index contributed by atoms with van der Waals surface area (Å²) in [4.78, 5) is 12.0. The van der Waals surface area contributed by atoms with Crippen LogP contribution < -0.4 is 14.8 Å². The van der Waals surface area contributed by atoms with Crippen LogP contribution in [0.2, 0.25) is 5.02 Å². The molecular formula is C18H13ClFN3O4S. The summed E-state index contributed by atoms with van der Waals surface area (Å²) < 4.78 is 30.0. The molecule has 0 spiro atoms. The summed E-state index contributed by atoms with van der Waals surface area (Å²) in [5.74, 6) is 0.710. The Morgan fingerprint density at radius 1 is 1.25 bits per heavy atom. The Kier molecular flexibility index (Phi) is 5.36. The lowest BCUT2D eigenvalue weighted by Crippen LogP contribution is -2.21. The van der Waals surface area contributed by atoms with Crippen molar-refractivity contribution < 1.29 is 23.1 Å². The van der Waals surface area contributed by atoms with Crippen molar-refractivity contribution in [2.45, 2.75) is 11.3 Å². The molecule has 1 aromatic heterocycles. The molecule has 1 atom stereocenters. The zero-order chi connectivity index (χ0) is 19.5. The lowest BCUT2D eigenvalue weighted by atomic mass is 10.2. The van der Waals surface area contributed by atoms with E-state index in [-0.39, 0.29) is 34.4 Å². The number of hydrogen-bond acceptors (Lipinski definition) is 7. The van der Waals surface area contributed by atoms with Gasteiger partial charge in [-0.1, -0.05) is 35.5 Å². The van der Waals surface area contributed by atoms with Gasteiger partial charge in [0.2, 0.25) is 12.0 Å². The van der Waals surface area contributed by atoms with E-state index in [1.165, 1.54) is 12.1 Å². The average Bonchev–Trinajstić information content (AvgIpc) is 3.17. The third-order valence-corrected chi connectivity index (χ3v) is 4.87. The van der Waals surface area contributed by atoms with E-state index in [1.807, 2.05) is 18.2 Å². The molecule has 0 saturated carbocycles. The third kappa shape index (κ3) is 4.20. The summed E-state index contributed by atoms with van der Waals surface area (Å²) >= 11 is 6.95. The summed E-state index contributed by atoms with van der Waals surface area (Å²) in [6.07, 6.45) is -0.524. The van der Waals surface area contributed by atoms with Crippen molar-refractivity contribution in [2.24, 2.45) is 0 Å². The van der Waals surface area contributed by atoms with Crippen LogP contribution in [0, 0.1) is 5.82 Å². The number of ether oxygens (including phenoxy) is 2. The van der Waals surface area contributed by atoms with E-state index in [4.69, 9.17) is 25.5 Å². The summed E-state index contributed by atoms with van der Waals surface area (Å²) in [5, 5.41) is 10.8. The normalized spacial score (nSPS) is 15.3. The lowest BCUT2D eigenvalue weighted by Gasteiger charge is -2.23. The van der Waals surface area contributed by atoms with Gasteiger partial charge in [0, 0.05) is 0 Å². The third-order valence-electron chi connectivity index (χ3n) is 3.74. The van der Waals surface area contributed by atoms with Gasteiger partial charge >= 0.3 is 0 Å². The van der Waals surface area contributed by atoms with Gasteiger partial charge in [-0.3, -0.25) is 4.79 Å². The summed E-state index contributed by atoms with van der Waals surface area (Å²) in [6, 6.07) is 11.0. The maximum atomic E-state index is 13.0. The molecule has 7 nitrogen and oxygen atoms in total. The lowest BCUT2D eigenvalue weighted by molar-refractivity contribution is -0.113. The SMILES string of the molecule is O=C(CSc1nnc([C@@H]2COc3ccccc3O2)o1)Nc1ccc(F)cc1Cl. The largest absolute Gasteiger partial charge is 0.485 e. The van der Waals surface area contributed by atoms with Crippen LogP contribution in [0.4, 0.5) is 10.1 Å². The number of anilines is 1. The van der Waals surface area contributed by atoms with Crippen molar-refractivity contribution in [3.05, 3.63) is 59.2 Å². The minimum absolute atomic E-state index is 0.0141. The molecule has 0 bridgehead atoms. The standard InChI is InChI=1S/C18H13ClFN3O4S/c19-11-7-10(20)5-6-12(11)21-16(24)9-28-18-23-22-17(27-18)15-8-25-13-3-1-2-4-14(13)26-15/h1-7,15H,8-9H2,(H,21,24)/t15-/m0/s1. The van der Waals surface area contributed by atoms with Crippen LogP contribution in [0.25, 0.3) is 0 Å². The molecule has 1 aliphatic heterocycles. The quantitative estimate of drug-likeness (QED) is 0.620. The molecule has 0 unspecified atom stereocenters. The van der Waals surface area contributed by atoms with Gasteiger partial charge in [-0.15, -0.1) is 10.2 Å². The Morgan fingerprint density at radius 3 is 2.89 bits per heavy atom. The molecule has 28 heavy (non-hydrogen) atoms. The topological polar surface area (TPSA) is 86.5 Å². The van der Waals surface area contributed by atoms with Crippen LogP contribution >= 0.6 is 23.4 Å². The Morgan fingerprint density at radius 2 is 2.07 bits per heavy atom. The fourth-order valence-electron chi connectivity index (χ4n) is 2.45. The molecular weight excluding hydrogens is 409 g/mol. The summed E-state index contributed by atoms with van der Waals surface area (Å²) in [5.41, 5.74) is 0.325. The number of thioether (sulfide) groups is 1. The monoisotopic (exact) mass is 421 g/mol. The second kappa shape index (κ2) is 8.07. The highest BCUT2D eigenvalue weighted by atomic mass is 35.5. The number of nitrogens with one attached hydrogen (secondary N) is 1. The predicted octanol–water partition coefficient (Wildman–Crippen LogP) is 4.11. The van der Waals surface area contributed by atoms with Gasteiger partial charge in [0.1, 0.15) is 12.4 Å². The molecule has 3 aromatic rings. The number of rotatable bonds is 5. The second-order valence-corrected chi connectivity index (χ2v) is 7.07. The molecule has 2 aromatic carbocycles. The number of hydrogen-bond donors (Lipinski definition) is 1. The van der Waals surface area contributed by atoms with Gasteiger partial charge in [0.25, 0.3) is 11.1 Å². The number of benzene rings is 2. The van der Waals surface area contributed by atoms with E-state index in [0.717, 1.165) is 17.8 Å². The maximum absolute atomic E-state index is 13.0. The Labute approximate surface area is 168 Å². The number of amides is 1. The number of para-hydroxylation sites is 2. The van der Waals surface area contributed by atoms with Crippen LogP contribution in [-0.2, 0) is 4.79 Å².